The topological polar surface area (TPSA) is 109 Å². The largest absolute Gasteiger partial charge is 0.497 e. The Bertz CT molecular complexity index is 754. The third-order valence-corrected chi connectivity index (χ3v) is 6.28. The summed E-state index contributed by atoms with van der Waals surface area (Å²) in [5.74, 6) is 0.745. The molecule has 3 rings (SSSR count). The monoisotopic (exact) mass is 434 g/mol. The summed E-state index contributed by atoms with van der Waals surface area (Å²) >= 11 is 1.34. The van der Waals surface area contributed by atoms with Crippen LogP contribution in [0.25, 0.3) is 0 Å². The Balaban J connectivity index is 1.40. The third kappa shape index (κ3) is 7.21. The molecule has 3 amide bonds. The van der Waals surface area contributed by atoms with Crippen molar-refractivity contribution in [3.05, 3.63) is 29.8 Å². The first-order valence-electron chi connectivity index (χ1n) is 10.4. The van der Waals surface area contributed by atoms with Crippen molar-refractivity contribution in [3.8, 4) is 5.75 Å². The number of ether oxygens (including phenoxy) is 1. The Morgan fingerprint density at radius 1 is 1.23 bits per heavy atom. The van der Waals surface area contributed by atoms with Gasteiger partial charge in [0.15, 0.2) is 0 Å². The highest BCUT2D eigenvalue weighted by Gasteiger charge is 2.28. The first-order valence-corrected chi connectivity index (χ1v) is 11.4. The van der Waals surface area contributed by atoms with Crippen LogP contribution in [0.15, 0.2) is 24.3 Å². The minimum Gasteiger partial charge on any atom is -0.497 e. The highest BCUT2D eigenvalue weighted by Crippen LogP contribution is 2.19. The predicted molar refractivity (Wildman–Crippen MR) is 116 cm³/mol. The van der Waals surface area contributed by atoms with E-state index in [0.29, 0.717) is 6.54 Å². The van der Waals surface area contributed by atoms with E-state index in [4.69, 9.17) is 4.74 Å². The van der Waals surface area contributed by atoms with Gasteiger partial charge in [0.1, 0.15) is 11.2 Å². The molecule has 1 aliphatic carbocycles. The van der Waals surface area contributed by atoms with Crippen molar-refractivity contribution in [2.24, 2.45) is 0 Å². The maximum absolute atomic E-state index is 12.3. The smallest absolute Gasteiger partial charge is 0.230 e. The summed E-state index contributed by atoms with van der Waals surface area (Å²) in [7, 11) is 1.60. The lowest BCUT2D eigenvalue weighted by Gasteiger charge is -2.30. The number of hydrogen-bond acceptors (Lipinski definition) is 6. The third-order valence-electron chi connectivity index (χ3n) is 5.27. The maximum Gasteiger partial charge on any atom is 0.230 e. The van der Waals surface area contributed by atoms with Crippen molar-refractivity contribution >= 4 is 29.5 Å². The number of nitrogens with one attached hydrogen (secondary N) is 4. The van der Waals surface area contributed by atoms with Crippen LogP contribution in [0.1, 0.15) is 44.1 Å². The van der Waals surface area contributed by atoms with E-state index >= 15 is 0 Å². The molecule has 0 bridgehead atoms. The van der Waals surface area contributed by atoms with Crippen molar-refractivity contribution in [2.45, 2.75) is 62.7 Å². The Labute approximate surface area is 181 Å². The molecule has 2 aliphatic rings. The molecule has 0 radical (unpaired) electrons. The molecule has 9 heteroatoms. The van der Waals surface area contributed by atoms with Crippen molar-refractivity contribution < 1.29 is 19.1 Å². The molecular formula is C21H30N4O4S. The first-order chi connectivity index (χ1) is 14.5. The van der Waals surface area contributed by atoms with Gasteiger partial charge in [0.2, 0.25) is 17.7 Å². The Morgan fingerprint density at radius 3 is 2.80 bits per heavy atom. The molecule has 1 aromatic rings. The Kier molecular flexibility index (Phi) is 8.39. The van der Waals surface area contributed by atoms with Crippen molar-refractivity contribution in [1.29, 1.82) is 0 Å². The van der Waals surface area contributed by atoms with E-state index in [2.05, 4.69) is 21.3 Å². The van der Waals surface area contributed by atoms with Crippen LogP contribution in [0.4, 0.5) is 0 Å². The van der Waals surface area contributed by atoms with Gasteiger partial charge < -0.3 is 20.7 Å². The van der Waals surface area contributed by atoms with Crippen LogP contribution >= 0.6 is 11.8 Å². The predicted octanol–water partition coefficient (Wildman–Crippen LogP) is 1.26. The minimum absolute atomic E-state index is 0.0129. The lowest BCUT2D eigenvalue weighted by molar-refractivity contribution is -0.125. The lowest BCUT2D eigenvalue weighted by atomic mass is 10.1. The van der Waals surface area contributed by atoms with Crippen LogP contribution in [-0.2, 0) is 20.9 Å². The molecule has 2 atom stereocenters. The fourth-order valence-electron chi connectivity index (χ4n) is 3.74. The van der Waals surface area contributed by atoms with E-state index in [1.807, 2.05) is 24.3 Å². The summed E-state index contributed by atoms with van der Waals surface area (Å²) in [6.45, 7) is 0.397. The van der Waals surface area contributed by atoms with E-state index in [-0.39, 0.29) is 53.9 Å². The molecule has 1 aromatic carbocycles. The first kappa shape index (κ1) is 22.4. The number of carbonyl (C=O) groups excluding carboxylic acids is 3. The highest BCUT2D eigenvalue weighted by atomic mass is 32.2. The van der Waals surface area contributed by atoms with Gasteiger partial charge in [-0.25, -0.2) is 0 Å². The van der Waals surface area contributed by atoms with E-state index in [1.165, 1.54) is 24.6 Å². The van der Waals surface area contributed by atoms with Crippen LogP contribution in [0.3, 0.4) is 0 Å². The molecular weight excluding hydrogens is 404 g/mol. The number of carbonyl (C=O) groups is 3. The molecule has 1 aliphatic heterocycles. The van der Waals surface area contributed by atoms with Gasteiger partial charge >= 0.3 is 0 Å². The van der Waals surface area contributed by atoms with Gasteiger partial charge in [0.05, 0.1) is 12.9 Å². The zero-order chi connectivity index (χ0) is 21.3. The number of hydrogen-bond donors (Lipinski definition) is 4. The summed E-state index contributed by atoms with van der Waals surface area (Å²) in [5.41, 5.74) is 0.565. The molecule has 30 heavy (non-hydrogen) atoms. The van der Waals surface area contributed by atoms with E-state index in [1.54, 1.807) is 7.11 Å². The lowest BCUT2D eigenvalue weighted by Crippen LogP contribution is -2.56. The van der Waals surface area contributed by atoms with Crippen molar-refractivity contribution in [1.82, 2.24) is 21.3 Å². The second kappa shape index (κ2) is 11.2. The van der Waals surface area contributed by atoms with Gasteiger partial charge in [0, 0.05) is 31.5 Å². The van der Waals surface area contributed by atoms with E-state index in [9.17, 15) is 14.4 Å². The molecule has 1 heterocycles. The fourth-order valence-corrected chi connectivity index (χ4v) is 4.65. The molecule has 4 N–H and O–H groups in total. The summed E-state index contributed by atoms with van der Waals surface area (Å²) in [6.07, 6.45) is 4.85. The quantitative estimate of drug-likeness (QED) is 0.466. The Hall–Kier alpha value is -2.26. The molecule has 8 nitrogen and oxygen atoms in total. The summed E-state index contributed by atoms with van der Waals surface area (Å²) in [5, 5.41) is 12.0. The van der Waals surface area contributed by atoms with Crippen molar-refractivity contribution in [3.63, 3.8) is 0 Å². The number of rotatable bonds is 9. The van der Waals surface area contributed by atoms with Gasteiger partial charge in [-0.1, -0.05) is 25.0 Å². The normalized spacial score (nSPS) is 21.7. The summed E-state index contributed by atoms with van der Waals surface area (Å²) in [4.78, 5) is 36.5. The van der Waals surface area contributed by atoms with E-state index in [0.717, 1.165) is 24.2 Å². The zero-order valence-electron chi connectivity index (χ0n) is 17.2. The molecule has 2 unspecified atom stereocenters. The molecule has 2 fully saturated rings. The molecule has 1 saturated heterocycles. The van der Waals surface area contributed by atoms with Gasteiger partial charge in [-0.2, -0.15) is 0 Å². The van der Waals surface area contributed by atoms with Gasteiger partial charge in [-0.05, 0) is 30.5 Å². The second-order valence-corrected chi connectivity index (χ2v) is 8.80. The average Bonchev–Trinajstić information content (AvgIpc) is 3.23. The molecule has 1 saturated carbocycles. The van der Waals surface area contributed by atoms with Crippen LogP contribution in [0.5, 0.6) is 5.75 Å². The number of benzene rings is 1. The van der Waals surface area contributed by atoms with Gasteiger partial charge in [-0.3, -0.25) is 19.7 Å². The zero-order valence-corrected chi connectivity index (χ0v) is 18.1. The fraction of sp³-hybridized carbons (Fsp3) is 0.571. The molecule has 0 aromatic heterocycles. The van der Waals surface area contributed by atoms with Crippen molar-refractivity contribution in [2.75, 3.05) is 12.9 Å². The second-order valence-electron chi connectivity index (χ2n) is 7.71. The van der Waals surface area contributed by atoms with E-state index < -0.39 is 0 Å². The minimum atomic E-state index is -0.378. The van der Waals surface area contributed by atoms with Crippen LogP contribution in [-0.4, -0.2) is 48.2 Å². The Morgan fingerprint density at radius 2 is 2.03 bits per heavy atom. The number of amides is 3. The SMILES string of the molecule is COc1cccc(CNC(=O)CC2CC(=O)NC(SCC(=O)NC3CCCC3)N2)c1. The van der Waals surface area contributed by atoms with Crippen LogP contribution in [0.2, 0.25) is 0 Å². The maximum atomic E-state index is 12.3. The average molecular weight is 435 g/mol. The van der Waals surface area contributed by atoms with Crippen LogP contribution in [0, 0.1) is 0 Å². The summed E-state index contributed by atoms with van der Waals surface area (Å²) < 4.78 is 5.19. The standard InChI is InChI=1S/C21H30N4O4S/c1-29-17-8-4-5-14(9-17)12-22-18(26)10-16-11-19(27)25-21(24-16)30-13-20(28)23-15-6-2-3-7-15/h4-5,8-9,15-16,21,24H,2-3,6-7,10-13H2,1H3,(H,22,26)(H,23,28)(H,25,27). The summed E-state index contributed by atoms with van der Waals surface area (Å²) in [6, 6.07) is 7.53. The van der Waals surface area contributed by atoms with Crippen LogP contribution < -0.4 is 26.0 Å². The highest BCUT2D eigenvalue weighted by molar-refractivity contribution is 8.00. The molecule has 164 valence electrons. The van der Waals surface area contributed by atoms with Gasteiger partial charge in [0.25, 0.3) is 0 Å². The number of thioether (sulfide) groups is 1. The number of methoxy groups -OCH3 is 1. The van der Waals surface area contributed by atoms with Gasteiger partial charge in [-0.15, -0.1) is 11.8 Å². The molecule has 0 spiro atoms.